The third-order valence-electron chi connectivity index (χ3n) is 2.34. The summed E-state index contributed by atoms with van der Waals surface area (Å²) in [5.74, 6) is 0.862. The molecule has 0 radical (unpaired) electrons. The predicted molar refractivity (Wildman–Crippen MR) is 65.5 cm³/mol. The lowest BCUT2D eigenvalue weighted by Gasteiger charge is -2.00. The van der Waals surface area contributed by atoms with Crippen LogP contribution in [0.4, 0.5) is 0 Å². The van der Waals surface area contributed by atoms with E-state index < -0.39 is 0 Å². The molecule has 17 heavy (non-hydrogen) atoms. The molecule has 7 heteroatoms. The minimum atomic E-state index is 0.150. The monoisotopic (exact) mass is 266 g/mol. The Morgan fingerprint density at radius 1 is 1.35 bits per heavy atom. The molecule has 0 bridgehead atoms. The van der Waals surface area contributed by atoms with Crippen molar-refractivity contribution in [3.05, 3.63) is 29.0 Å². The van der Waals surface area contributed by atoms with Crippen molar-refractivity contribution in [2.75, 3.05) is 0 Å². The molecule has 0 fully saturated rings. The minimum Gasteiger partial charge on any atom is -0.507 e. The number of halogens is 1. The Morgan fingerprint density at radius 2 is 2.18 bits per heavy atom. The smallest absolute Gasteiger partial charge is 0.234 e. The number of phenolic OH excluding ortho intramolecular Hbond substituents is 1. The van der Waals surface area contributed by atoms with Crippen LogP contribution in [0.3, 0.4) is 0 Å². The molecule has 3 rings (SSSR count). The van der Waals surface area contributed by atoms with Crippen molar-refractivity contribution in [3.8, 4) is 16.3 Å². The highest BCUT2D eigenvalue weighted by molar-refractivity contribution is 7.19. The Balaban J connectivity index is 2.23. The zero-order valence-corrected chi connectivity index (χ0v) is 10.3. The van der Waals surface area contributed by atoms with Gasteiger partial charge in [0.15, 0.2) is 10.8 Å². The number of rotatable bonds is 1. The molecule has 2 aromatic heterocycles. The molecule has 1 aromatic carbocycles. The van der Waals surface area contributed by atoms with Gasteiger partial charge in [-0.25, -0.2) is 0 Å². The third kappa shape index (κ3) is 1.65. The van der Waals surface area contributed by atoms with Gasteiger partial charge in [-0.05, 0) is 25.1 Å². The van der Waals surface area contributed by atoms with E-state index in [0.717, 1.165) is 0 Å². The Labute approximate surface area is 105 Å². The SMILES string of the molecule is Cc1nnc2sc(-c3cc(Cl)ccc3O)nn12. The topological polar surface area (TPSA) is 63.3 Å². The van der Waals surface area contributed by atoms with E-state index in [1.807, 2.05) is 6.92 Å². The van der Waals surface area contributed by atoms with Crippen molar-refractivity contribution in [1.82, 2.24) is 19.8 Å². The minimum absolute atomic E-state index is 0.150. The molecule has 1 N–H and O–H groups in total. The second-order valence-electron chi connectivity index (χ2n) is 3.51. The lowest BCUT2D eigenvalue weighted by Crippen LogP contribution is -1.88. The number of aryl methyl sites for hydroxylation is 1. The van der Waals surface area contributed by atoms with Crippen molar-refractivity contribution in [1.29, 1.82) is 0 Å². The largest absolute Gasteiger partial charge is 0.507 e. The summed E-state index contributed by atoms with van der Waals surface area (Å²) in [5, 5.41) is 23.2. The zero-order valence-electron chi connectivity index (χ0n) is 8.75. The van der Waals surface area contributed by atoms with E-state index >= 15 is 0 Å². The summed E-state index contributed by atoms with van der Waals surface area (Å²) in [6, 6.07) is 4.86. The first-order valence-electron chi connectivity index (χ1n) is 4.83. The average molecular weight is 267 g/mol. The Hall–Kier alpha value is -1.66. The average Bonchev–Trinajstić information content (AvgIpc) is 2.85. The fourth-order valence-corrected chi connectivity index (χ4v) is 2.59. The summed E-state index contributed by atoms with van der Waals surface area (Å²) in [5.41, 5.74) is 0.604. The van der Waals surface area contributed by atoms with Crippen LogP contribution in [-0.2, 0) is 0 Å². The van der Waals surface area contributed by atoms with Crippen LogP contribution in [0.25, 0.3) is 15.5 Å². The van der Waals surface area contributed by atoms with Crippen LogP contribution in [0.5, 0.6) is 5.75 Å². The maximum atomic E-state index is 9.78. The van der Waals surface area contributed by atoms with Crippen molar-refractivity contribution >= 4 is 27.9 Å². The quantitative estimate of drug-likeness (QED) is 0.735. The second-order valence-corrected chi connectivity index (χ2v) is 4.90. The molecule has 86 valence electrons. The van der Waals surface area contributed by atoms with E-state index in [-0.39, 0.29) is 5.75 Å². The highest BCUT2D eigenvalue weighted by atomic mass is 35.5. The predicted octanol–water partition coefficient (Wildman–Crippen LogP) is 2.52. The molecule has 0 spiro atoms. The molecule has 0 saturated heterocycles. The first kappa shape index (κ1) is 10.5. The number of fused-ring (bicyclic) bond motifs is 1. The molecule has 0 saturated carbocycles. The third-order valence-corrected chi connectivity index (χ3v) is 3.50. The van der Waals surface area contributed by atoms with Crippen LogP contribution in [0.2, 0.25) is 5.02 Å². The first-order valence-corrected chi connectivity index (χ1v) is 6.02. The molecule has 0 aliphatic rings. The van der Waals surface area contributed by atoms with E-state index in [0.29, 0.717) is 26.4 Å². The fourth-order valence-electron chi connectivity index (χ4n) is 1.50. The number of nitrogens with zero attached hydrogens (tertiary/aromatic N) is 4. The van der Waals surface area contributed by atoms with Gasteiger partial charge in [-0.3, -0.25) is 0 Å². The standard InChI is InChI=1S/C10H7ClN4OS/c1-5-12-13-10-15(5)14-9(17-10)7-4-6(11)2-3-8(7)16/h2-4,16H,1H3. The van der Waals surface area contributed by atoms with E-state index in [1.165, 1.54) is 11.3 Å². The van der Waals surface area contributed by atoms with Crippen LogP contribution in [0.15, 0.2) is 18.2 Å². The first-order chi connectivity index (χ1) is 8.15. The number of benzene rings is 1. The van der Waals surface area contributed by atoms with Crippen LogP contribution >= 0.6 is 22.9 Å². The van der Waals surface area contributed by atoms with Gasteiger partial charge in [0.25, 0.3) is 0 Å². The van der Waals surface area contributed by atoms with Gasteiger partial charge in [-0.1, -0.05) is 22.9 Å². The molecule has 0 aliphatic heterocycles. The molecular weight excluding hydrogens is 260 g/mol. The highest BCUT2D eigenvalue weighted by Gasteiger charge is 2.13. The van der Waals surface area contributed by atoms with Crippen LogP contribution in [0, 0.1) is 6.92 Å². The van der Waals surface area contributed by atoms with E-state index in [2.05, 4.69) is 15.3 Å². The van der Waals surface area contributed by atoms with Gasteiger partial charge in [0.1, 0.15) is 5.75 Å². The van der Waals surface area contributed by atoms with Gasteiger partial charge < -0.3 is 5.11 Å². The summed E-state index contributed by atoms with van der Waals surface area (Å²) in [4.78, 5) is 0.692. The lowest BCUT2D eigenvalue weighted by atomic mass is 10.2. The number of aromatic nitrogens is 4. The normalized spacial score (nSPS) is 11.2. The number of phenols is 1. The summed E-state index contributed by atoms with van der Waals surface area (Å²) in [7, 11) is 0. The second kappa shape index (κ2) is 3.68. The number of hydrogen-bond acceptors (Lipinski definition) is 5. The highest BCUT2D eigenvalue weighted by Crippen LogP contribution is 2.34. The van der Waals surface area contributed by atoms with Gasteiger partial charge in [-0.15, -0.1) is 10.2 Å². The Bertz CT molecular complexity index is 705. The van der Waals surface area contributed by atoms with Gasteiger partial charge >= 0.3 is 0 Å². The summed E-state index contributed by atoms with van der Waals surface area (Å²) in [6.45, 7) is 1.82. The van der Waals surface area contributed by atoms with Gasteiger partial charge in [0.05, 0.1) is 5.56 Å². The summed E-state index contributed by atoms with van der Waals surface area (Å²) >= 11 is 7.26. The summed E-state index contributed by atoms with van der Waals surface area (Å²) in [6.07, 6.45) is 0. The van der Waals surface area contributed by atoms with Crippen molar-refractivity contribution in [2.24, 2.45) is 0 Å². The molecule has 0 amide bonds. The maximum Gasteiger partial charge on any atom is 0.234 e. The molecule has 3 aromatic rings. The maximum absolute atomic E-state index is 9.78. The Morgan fingerprint density at radius 3 is 2.94 bits per heavy atom. The molecular formula is C10H7ClN4OS. The summed E-state index contributed by atoms with van der Waals surface area (Å²) < 4.78 is 1.64. The van der Waals surface area contributed by atoms with E-state index in [1.54, 1.807) is 22.7 Å². The van der Waals surface area contributed by atoms with Gasteiger partial charge in [0, 0.05) is 5.02 Å². The zero-order chi connectivity index (χ0) is 12.0. The lowest BCUT2D eigenvalue weighted by molar-refractivity contribution is 0.477. The molecule has 0 aliphatic carbocycles. The van der Waals surface area contributed by atoms with Crippen LogP contribution in [-0.4, -0.2) is 24.9 Å². The Kier molecular flexibility index (Phi) is 2.27. The molecule has 5 nitrogen and oxygen atoms in total. The van der Waals surface area contributed by atoms with Crippen molar-refractivity contribution in [2.45, 2.75) is 6.92 Å². The molecule has 2 heterocycles. The van der Waals surface area contributed by atoms with Gasteiger partial charge in [-0.2, -0.15) is 9.61 Å². The van der Waals surface area contributed by atoms with Crippen LogP contribution < -0.4 is 0 Å². The van der Waals surface area contributed by atoms with E-state index in [9.17, 15) is 5.11 Å². The van der Waals surface area contributed by atoms with E-state index in [4.69, 9.17) is 11.6 Å². The van der Waals surface area contributed by atoms with Crippen LogP contribution in [0.1, 0.15) is 5.82 Å². The molecule has 0 atom stereocenters. The van der Waals surface area contributed by atoms with Gasteiger partial charge in [0.2, 0.25) is 4.96 Å². The van der Waals surface area contributed by atoms with Crippen molar-refractivity contribution < 1.29 is 5.11 Å². The number of aromatic hydroxyl groups is 1. The fraction of sp³-hybridized carbons (Fsp3) is 0.100. The molecule has 0 unspecified atom stereocenters. The number of hydrogen-bond donors (Lipinski definition) is 1. The van der Waals surface area contributed by atoms with Crippen molar-refractivity contribution in [3.63, 3.8) is 0 Å².